The van der Waals surface area contributed by atoms with E-state index >= 15 is 0 Å². The SMILES string of the molecule is O=C(O)N[C@@H]1CCC[C@H](c2ccccc2)NC1=O. The number of benzene rings is 1. The molecular formula is C13H16N2O3. The highest BCUT2D eigenvalue weighted by Gasteiger charge is 2.27. The predicted molar refractivity (Wildman–Crippen MR) is 66.1 cm³/mol. The first-order valence-electron chi connectivity index (χ1n) is 6.01. The van der Waals surface area contributed by atoms with Crippen molar-refractivity contribution in [1.82, 2.24) is 10.6 Å². The van der Waals surface area contributed by atoms with Gasteiger partial charge in [-0.05, 0) is 24.8 Å². The predicted octanol–water partition coefficient (Wildman–Crippen LogP) is 1.66. The Morgan fingerprint density at radius 2 is 2.00 bits per heavy atom. The summed E-state index contributed by atoms with van der Waals surface area (Å²) in [6.45, 7) is 0. The van der Waals surface area contributed by atoms with Crippen LogP contribution in [0.15, 0.2) is 30.3 Å². The Morgan fingerprint density at radius 3 is 2.67 bits per heavy atom. The van der Waals surface area contributed by atoms with E-state index in [1.807, 2.05) is 30.3 Å². The largest absolute Gasteiger partial charge is 0.465 e. The maximum Gasteiger partial charge on any atom is 0.405 e. The summed E-state index contributed by atoms with van der Waals surface area (Å²) in [5.41, 5.74) is 1.06. The number of amides is 2. The van der Waals surface area contributed by atoms with Crippen LogP contribution in [0.25, 0.3) is 0 Å². The molecule has 1 aromatic carbocycles. The molecule has 1 aliphatic heterocycles. The molecule has 5 nitrogen and oxygen atoms in total. The van der Waals surface area contributed by atoms with Crippen LogP contribution in [0.4, 0.5) is 4.79 Å². The molecule has 2 rings (SSSR count). The van der Waals surface area contributed by atoms with Gasteiger partial charge in [0, 0.05) is 0 Å². The summed E-state index contributed by atoms with van der Waals surface area (Å²) in [4.78, 5) is 22.5. The van der Waals surface area contributed by atoms with Gasteiger partial charge in [0.25, 0.3) is 0 Å². The van der Waals surface area contributed by atoms with Gasteiger partial charge in [0.1, 0.15) is 6.04 Å². The van der Waals surface area contributed by atoms with E-state index in [9.17, 15) is 9.59 Å². The number of carbonyl (C=O) groups is 2. The fourth-order valence-corrected chi connectivity index (χ4v) is 2.22. The molecule has 2 amide bonds. The Kier molecular flexibility index (Phi) is 3.82. The van der Waals surface area contributed by atoms with E-state index in [4.69, 9.17) is 5.11 Å². The molecule has 2 atom stereocenters. The van der Waals surface area contributed by atoms with Gasteiger partial charge in [0.05, 0.1) is 6.04 Å². The van der Waals surface area contributed by atoms with Gasteiger partial charge in [-0.3, -0.25) is 4.79 Å². The lowest BCUT2D eigenvalue weighted by molar-refractivity contribution is -0.123. The molecule has 0 unspecified atom stereocenters. The van der Waals surface area contributed by atoms with Crippen molar-refractivity contribution in [2.24, 2.45) is 0 Å². The Hall–Kier alpha value is -2.04. The van der Waals surface area contributed by atoms with E-state index in [-0.39, 0.29) is 11.9 Å². The second-order valence-corrected chi connectivity index (χ2v) is 4.40. The number of hydrogen-bond donors (Lipinski definition) is 3. The fraction of sp³-hybridized carbons (Fsp3) is 0.385. The molecule has 1 saturated heterocycles. The summed E-state index contributed by atoms with van der Waals surface area (Å²) in [7, 11) is 0. The van der Waals surface area contributed by atoms with Crippen molar-refractivity contribution in [3.63, 3.8) is 0 Å². The first-order chi connectivity index (χ1) is 8.66. The highest BCUT2D eigenvalue weighted by Crippen LogP contribution is 2.22. The zero-order chi connectivity index (χ0) is 13.0. The van der Waals surface area contributed by atoms with E-state index in [1.165, 1.54) is 0 Å². The van der Waals surface area contributed by atoms with Gasteiger partial charge in [-0.25, -0.2) is 4.79 Å². The van der Waals surface area contributed by atoms with E-state index in [2.05, 4.69) is 10.6 Å². The maximum absolute atomic E-state index is 11.9. The minimum atomic E-state index is -1.16. The Balaban J connectivity index is 2.06. The molecule has 0 aromatic heterocycles. The lowest BCUT2D eigenvalue weighted by atomic mass is 10.0. The summed E-state index contributed by atoms with van der Waals surface area (Å²) in [6.07, 6.45) is 1.02. The van der Waals surface area contributed by atoms with Crippen molar-refractivity contribution in [2.45, 2.75) is 31.3 Å². The van der Waals surface area contributed by atoms with Gasteiger partial charge in [-0.2, -0.15) is 0 Å². The third kappa shape index (κ3) is 3.00. The van der Waals surface area contributed by atoms with E-state index in [0.29, 0.717) is 6.42 Å². The van der Waals surface area contributed by atoms with Crippen molar-refractivity contribution in [2.75, 3.05) is 0 Å². The Labute approximate surface area is 105 Å². The standard InChI is InChI=1S/C13H16N2O3/c16-12-11(15-13(17)18)8-4-7-10(14-12)9-5-2-1-3-6-9/h1-3,5-6,10-11,15H,4,7-8H2,(H,14,16)(H,17,18)/t10-,11-/m1/s1. The highest BCUT2D eigenvalue weighted by atomic mass is 16.4. The fourth-order valence-electron chi connectivity index (χ4n) is 2.22. The molecule has 1 heterocycles. The molecule has 0 aliphatic carbocycles. The van der Waals surface area contributed by atoms with Gasteiger partial charge < -0.3 is 15.7 Å². The topological polar surface area (TPSA) is 78.4 Å². The van der Waals surface area contributed by atoms with Gasteiger partial charge in [0.15, 0.2) is 0 Å². The van der Waals surface area contributed by atoms with Crippen LogP contribution in [-0.4, -0.2) is 23.1 Å². The molecule has 18 heavy (non-hydrogen) atoms. The second kappa shape index (κ2) is 5.53. The maximum atomic E-state index is 11.9. The van der Waals surface area contributed by atoms with Gasteiger partial charge >= 0.3 is 6.09 Å². The van der Waals surface area contributed by atoms with Crippen LogP contribution in [-0.2, 0) is 4.79 Å². The lowest BCUT2D eigenvalue weighted by Gasteiger charge is -2.17. The third-order valence-corrected chi connectivity index (χ3v) is 3.12. The summed E-state index contributed by atoms with van der Waals surface area (Å²) >= 11 is 0. The van der Waals surface area contributed by atoms with Crippen LogP contribution in [0.3, 0.4) is 0 Å². The molecule has 0 saturated carbocycles. The monoisotopic (exact) mass is 248 g/mol. The van der Waals surface area contributed by atoms with Crippen molar-refractivity contribution >= 4 is 12.0 Å². The summed E-state index contributed by atoms with van der Waals surface area (Å²) in [5, 5.41) is 13.8. The summed E-state index contributed by atoms with van der Waals surface area (Å²) in [5.74, 6) is -0.247. The Bertz CT molecular complexity index is 433. The van der Waals surface area contributed by atoms with Crippen molar-refractivity contribution in [3.05, 3.63) is 35.9 Å². The number of hydrogen-bond acceptors (Lipinski definition) is 2. The normalized spacial score (nSPS) is 23.9. The number of rotatable bonds is 2. The van der Waals surface area contributed by atoms with Crippen LogP contribution in [0, 0.1) is 0 Å². The molecule has 0 radical (unpaired) electrons. The van der Waals surface area contributed by atoms with Crippen molar-refractivity contribution < 1.29 is 14.7 Å². The Morgan fingerprint density at radius 1 is 1.28 bits per heavy atom. The number of nitrogens with one attached hydrogen (secondary N) is 2. The van der Waals surface area contributed by atoms with Crippen molar-refractivity contribution in [3.8, 4) is 0 Å². The molecule has 96 valence electrons. The minimum absolute atomic E-state index is 0.0284. The van der Waals surface area contributed by atoms with Gasteiger partial charge in [-0.1, -0.05) is 30.3 Å². The van der Waals surface area contributed by atoms with E-state index < -0.39 is 12.1 Å². The molecule has 1 aliphatic rings. The van der Waals surface area contributed by atoms with E-state index in [1.54, 1.807) is 0 Å². The lowest BCUT2D eigenvalue weighted by Crippen LogP contribution is -2.45. The van der Waals surface area contributed by atoms with Crippen LogP contribution >= 0.6 is 0 Å². The van der Waals surface area contributed by atoms with Crippen LogP contribution in [0.5, 0.6) is 0 Å². The average Bonchev–Trinajstić information content (AvgIpc) is 2.53. The zero-order valence-corrected chi connectivity index (χ0v) is 9.93. The minimum Gasteiger partial charge on any atom is -0.465 e. The quantitative estimate of drug-likeness (QED) is 0.744. The van der Waals surface area contributed by atoms with Crippen LogP contribution < -0.4 is 10.6 Å². The molecule has 5 heteroatoms. The smallest absolute Gasteiger partial charge is 0.405 e. The first kappa shape index (κ1) is 12.4. The first-order valence-corrected chi connectivity index (χ1v) is 6.01. The molecular weight excluding hydrogens is 232 g/mol. The van der Waals surface area contributed by atoms with Crippen LogP contribution in [0.1, 0.15) is 30.9 Å². The number of carboxylic acid groups (broad SMARTS) is 1. The molecule has 0 bridgehead atoms. The van der Waals surface area contributed by atoms with Crippen LogP contribution in [0.2, 0.25) is 0 Å². The average molecular weight is 248 g/mol. The molecule has 3 N–H and O–H groups in total. The van der Waals surface area contributed by atoms with Gasteiger partial charge in [0.2, 0.25) is 5.91 Å². The highest BCUT2D eigenvalue weighted by molar-refractivity contribution is 5.85. The molecule has 0 spiro atoms. The van der Waals surface area contributed by atoms with Gasteiger partial charge in [-0.15, -0.1) is 0 Å². The molecule has 1 aromatic rings. The third-order valence-electron chi connectivity index (χ3n) is 3.12. The second-order valence-electron chi connectivity index (χ2n) is 4.40. The molecule has 1 fully saturated rings. The summed E-state index contributed by atoms with van der Waals surface area (Å²) < 4.78 is 0. The van der Waals surface area contributed by atoms with Crippen molar-refractivity contribution in [1.29, 1.82) is 0 Å². The summed E-state index contributed by atoms with van der Waals surface area (Å²) in [6, 6.07) is 9.05. The zero-order valence-electron chi connectivity index (χ0n) is 9.93. The number of carbonyl (C=O) groups excluding carboxylic acids is 1. The van der Waals surface area contributed by atoms with E-state index in [0.717, 1.165) is 18.4 Å².